The molecule has 1 fully saturated rings. The number of benzene rings is 1. The van der Waals surface area contributed by atoms with Crippen LogP contribution in [0.25, 0.3) is 0 Å². The third-order valence-corrected chi connectivity index (χ3v) is 4.22. The monoisotopic (exact) mass is 298 g/mol. The summed E-state index contributed by atoms with van der Waals surface area (Å²) in [6.07, 6.45) is 4.12. The third kappa shape index (κ3) is 3.39. The van der Waals surface area contributed by atoms with Crippen molar-refractivity contribution in [2.45, 2.75) is 25.8 Å². The van der Waals surface area contributed by atoms with Crippen LogP contribution >= 0.6 is 0 Å². The lowest BCUT2D eigenvalue weighted by Gasteiger charge is -2.26. The molecule has 22 heavy (non-hydrogen) atoms. The van der Waals surface area contributed by atoms with E-state index < -0.39 is 0 Å². The summed E-state index contributed by atoms with van der Waals surface area (Å²) in [5.74, 6) is 0.891. The lowest BCUT2D eigenvalue weighted by atomic mass is 10.1. The van der Waals surface area contributed by atoms with Crippen LogP contribution in [-0.4, -0.2) is 30.4 Å². The summed E-state index contributed by atoms with van der Waals surface area (Å²) in [7, 11) is 0. The van der Waals surface area contributed by atoms with Crippen molar-refractivity contribution in [3.63, 3.8) is 0 Å². The number of amides is 1. The molecule has 0 unspecified atom stereocenters. The van der Waals surface area contributed by atoms with Gasteiger partial charge < -0.3 is 9.73 Å². The number of hydrogen-bond donors (Lipinski definition) is 1. The molecule has 1 aliphatic heterocycles. The van der Waals surface area contributed by atoms with Gasteiger partial charge in [-0.15, -0.1) is 0 Å². The van der Waals surface area contributed by atoms with E-state index in [1.165, 1.54) is 12.8 Å². The van der Waals surface area contributed by atoms with Gasteiger partial charge in [-0.1, -0.05) is 17.7 Å². The molecular weight excluding hydrogens is 276 g/mol. The van der Waals surface area contributed by atoms with Gasteiger partial charge in [0.05, 0.1) is 12.3 Å². The molecule has 0 bridgehead atoms. The normalized spacial score (nSPS) is 16.6. The molecule has 1 aromatic heterocycles. The maximum atomic E-state index is 12.3. The Morgan fingerprint density at radius 2 is 1.95 bits per heavy atom. The predicted molar refractivity (Wildman–Crippen MR) is 85.8 cm³/mol. The van der Waals surface area contributed by atoms with Crippen LogP contribution in [0.1, 0.15) is 40.6 Å². The molecule has 1 aliphatic rings. The molecule has 4 heteroatoms. The van der Waals surface area contributed by atoms with E-state index in [0.717, 1.165) is 24.4 Å². The maximum absolute atomic E-state index is 12.3. The standard InChI is InChI=1S/C18H22N2O2/c1-14-6-8-15(9-7-14)18(21)19-13-16(17-5-4-12-22-17)20-10-2-3-11-20/h4-9,12,16H,2-3,10-11,13H2,1H3,(H,19,21)/t16-/m1/s1. The lowest BCUT2D eigenvalue weighted by Crippen LogP contribution is -2.36. The van der Waals surface area contributed by atoms with Gasteiger partial charge in [0.15, 0.2) is 0 Å². The third-order valence-electron chi connectivity index (χ3n) is 4.22. The summed E-state index contributed by atoms with van der Waals surface area (Å²) in [4.78, 5) is 14.7. The van der Waals surface area contributed by atoms with Gasteiger partial charge in [-0.2, -0.15) is 0 Å². The number of hydrogen-bond acceptors (Lipinski definition) is 3. The molecule has 0 aliphatic carbocycles. The number of nitrogens with one attached hydrogen (secondary N) is 1. The Labute approximate surface area is 131 Å². The van der Waals surface area contributed by atoms with Crippen LogP contribution in [0.5, 0.6) is 0 Å². The van der Waals surface area contributed by atoms with Crippen LogP contribution in [0.4, 0.5) is 0 Å². The summed E-state index contributed by atoms with van der Waals surface area (Å²) in [5, 5.41) is 3.04. The molecule has 2 aromatic rings. The van der Waals surface area contributed by atoms with Crippen LogP contribution < -0.4 is 5.32 Å². The molecular formula is C18H22N2O2. The van der Waals surface area contributed by atoms with Gasteiger partial charge in [-0.3, -0.25) is 9.69 Å². The summed E-state index contributed by atoms with van der Waals surface area (Å²) in [5.41, 5.74) is 1.85. The Kier molecular flexibility index (Phi) is 4.59. The lowest BCUT2D eigenvalue weighted by molar-refractivity contribution is 0.0934. The minimum atomic E-state index is -0.0317. The van der Waals surface area contributed by atoms with Crippen molar-refractivity contribution in [3.05, 3.63) is 59.5 Å². The molecule has 4 nitrogen and oxygen atoms in total. The fraction of sp³-hybridized carbons (Fsp3) is 0.389. The first-order valence-corrected chi connectivity index (χ1v) is 7.86. The van der Waals surface area contributed by atoms with Crippen molar-refractivity contribution in [1.29, 1.82) is 0 Å². The number of nitrogens with zero attached hydrogens (tertiary/aromatic N) is 1. The first kappa shape index (κ1) is 14.9. The van der Waals surface area contributed by atoms with Crippen LogP contribution in [-0.2, 0) is 0 Å². The Morgan fingerprint density at radius 1 is 1.23 bits per heavy atom. The minimum absolute atomic E-state index is 0.0317. The average molecular weight is 298 g/mol. The van der Waals surface area contributed by atoms with E-state index in [0.29, 0.717) is 12.1 Å². The van der Waals surface area contributed by atoms with E-state index >= 15 is 0 Å². The molecule has 0 radical (unpaired) electrons. The van der Waals surface area contributed by atoms with Gasteiger partial charge in [0.2, 0.25) is 0 Å². The Morgan fingerprint density at radius 3 is 2.59 bits per heavy atom. The van der Waals surface area contributed by atoms with E-state index in [1.54, 1.807) is 6.26 Å². The van der Waals surface area contributed by atoms with E-state index in [2.05, 4.69) is 10.2 Å². The number of furan rings is 1. The molecule has 116 valence electrons. The SMILES string of the molecule is Cc1ccc(C(=O)NC[C@H](c2ccco2)N2CCCC2)cc1. The van der Waals surface area contributed by atoms with Crippen LogP contribution in [0.3, 0.4) is 0 Å². The van der Waals surface area contributed by atoms with Crippen molar-refractivity contribution in [3.8, 4) is 0 Å². The Bertz CT molecular complexity index is 599. The zero-order chi connectivity index (χ0) is 15.4. The summed E-state index contributed by atoms with van der Waals surface area (Å²) >= 11 is 0. The van der Waals surface area contributed by atoms with E-state index in [4.69, 9.17) is 4.42 Å². The first-order valence-electron chi connectivity index (χ1n) is 7.86. The highest BCUT2D eigenvalue weighted by Crippen LogP contribution is 2.24. The van der Waals surface area contributed by atoms with Crippen molar-refractivity contribution >= 4 is 5.91 Å². The second kappa shape index (κ2) is 6.79. The highest BCUT2D eigenvalue weighted by molar-refractivity contribution is 5.94. The molecule has 1 saturated heterocycles. The smallest absolute Gasteiger partial charge is 0.251 e. The number of likely N-dealkylation sites (tertiary alicyclic amines) is 1. The second-order valence-electron chi connectivity index (χ2n) is 5.85. The molecule has 1 N–H and O–H groups in total. The molecule has 2 heterocycles. The van der Waals surface area contributed by atoms with Gasteiger partial charge in [-0.25, -0.2) is 0 Å². The fourth-order valence-electron chi connectivity index (χ4n) is 2.94. The minimum Gasteiger partial charge on any atom is -0.468 e. The number of aryl methyl sites for hydroxylation is 1. The zero-order valence-electron chi connectivity index (χ0n) is 12.9. The highest BCUT2D eigenvalue weighted by Gasteiger charge is 2.25. The van der Waals surface area contributed by atoms with Crippen molar-refractivity contribution < 1.29 is 9.21 Å². The van der Waals surface area contributed by atoms with Gasteiger partial charge in [-0.05, 0) is 57.1 Å². The quantitative estimate of drug-likeness (QED) is 0.922. The van der Waals surface area contributed by atoms with Crippen molar-refractivity contribution in [1.82, 2.24) is 10.2 Å². The topological polar surface area (TPSA) is 45.5 Å². The van der Waals surface area contributed by atoms with Crippen molar-refractivity contribution in [2.75, 3.05) is 19.6 Å². The molecule has 0 saturated carbocycles. The Hall–Kier alpha value is -2.07. The predicted octanol–water partition coefficient (Wildman–Crippen LogP) is 3.15. The highest BCUT2D eigenvalue weighted by atomic mass is 16.3. The van der Waals surface area contributed by atoms with Gasteiger partial charge in [0.1, 0.15) is 5.76 Å². The van der Waals surface area contributed by atoms with Gasteiger partial charge >= 0.3 is 0 Å². The number of carbonyl (C=O) groups is 1. The second-order valence-corrected chi connectivity index (χ2v) is 5.85. The fourth-order valence-corrected chi connectivity index (χ4v) is 2.94. The molecule has 1 aromatic carbocycles. The van der Waals surface area contributed by atoms with Crippen LogP contribution in [0.2, 0.25) is 0 Å². The molecule has 0 spiro atoms. The van der Waals surface area contributed by atoms with E-state index in [1.807, 2.05) is 43.3 Å². The molecule has 1 atom stereocenters. The van der Waals surface area contributed by atoms with E-state index in [9.17, 15) is 4.79 Å². The van der Waals surface area contributed by atoms with Crippen LogP contribution in [0, 0.1) is 6.92 Å². The summed E-state index contributed by atoms with van der Waals surface area (Å²) in [6.45, 7) is 4.71. The van der Waals surface area contributed by atoms with Crippen LogP contribution in [0.15, 0.2) is 47.1 Å². The maximum Gasteiger partial charge on any atom is 0.251 e. The van der Waals surface area contributed by atoms with Gasteiger partial charge in [0, 0.05) is 12.1 Å². The molecule has 3 rings (SSSR count). The first-order chi connectivity index (χ1) is 10.7. The van der Waals surface area contributed by atoms with Crippen molar-refractivity contribution in [2.24, 2.45) is 0 Å². The number of rotatable bonds is 5. The Balaban J connectivity index is 1.66. The molecule has 1 amide bonds. The largest absolute Gasteiger partial charge is 0.468 e. The average Bonchev–Trinajstić information content (AvgIpc) is 3.22. The summed E-state index contributed by atoms with van der Waals surface area (Å²) in [6, 6.07) is 11.7. The number of carbonyl (C=O) groups excluding carboxylic acids is 1. The summed E-state index contributed by atoms with van der Waals surface area (Å²) < 4.78 is 5.57. The van der Waals surface area contributed by atoms with E-state index in [-0.39, 0.29) is 11.9 Å². The van der Waals surface area contributed by atoms with Gasteiger partial charge in [0.25, 0.3) is 5.91 Å². The zero-order valence-corrected chi connectivity index (χ0v) is 12.9.